The first-order valence-corrected chi connectivity index (χ1v) is 4.16. The minimum atomic E-state index is 0.254. The maximum Gasteiger partial charge on any atom is 0.134 e. The Balaban J connectivity index is 2.46. The number of nitrogens with zero attached hydrogens (tertiary/aromatic N) is 1. The number of nitrogens with one attached hydrogen (secondary N) is 1. The summed E-state index contributed by atoms with van der Waals surface area (Å²) in [6.07, 6.45) is 1.51. The van der Waals surface area contributed by atoms with Gasteiger partial charge in [-0.05, 0) is 11.6 Å². The topological polar surface area (TPSA) is 45.1 Å². The highest BCUT2D eigenvalue weighted by atomic mass is 16.3. The van der Waals surface area contributed by atoms with Crippen molar-refractivity contribution in [2.75, 3.05) is 6.54 Å². The highest BCUT2D eigenvalue weighted by molar-refractivity contribution is 5.31. The molecule has 2 rings (SSSR count). The van der Waals surface area contributed by atoms with Crippen LogP contribution in [0.1, 0.15) is 24.1 Å². The average Bonchev–Trinajstić information content (AvgIpc) is 2.04. The van der Waals surface area contributed by atoms with Crippen molar-refractivity contribution in [3.8, 4) is 5.75 Å². The van der Waals surface area contributed by atoms with Crippen LogP contribution < -0.4 is 5.32 Å². The van der Waals surface area contributed by atoms with Gasteiger partial charge in [-0.15, -0.1) is 0 Å². The van der Waals surface area contributed by atoms with Crippen molar-refractivity contribution in [3.63, 3.8) is 0 Å². The SMILES string of the molecule is CC1CNCc2cc(O)cnc21. The lowest BCUT2D eigenvalue weighted by molar-refractivity contribution is 0.466. The van der Waals surface area contributed by atoms with Crippen LogP contribution in [0, 0.1) is 0 Å². The van der Waals surface area contributed by atoms with Gasteiger partial charge in [0, 0.05) is 24.7 Å². The molecular weight excluding hydrogens is 152 g/mol. The summed E-state index contributed by atoms with van der Waals surface area (Å²) in [4.78, 5) is 4.21. The minimum Gasteiger partial charge on any atom is -0.506 e. The molecule has 0 saturated heterocycles. The molecule has 1 aromatic rings. The van der Waals surface area contributed by atoms with Crippen LogP contribution in [0.25, 0.3) is 0 Å². The van der Waals surface area contributed by atoms with Crippen molar-refractivity contribution in [2.24, 2.45) is 0 Å². The third kappa shape index (κ3) is 1.16. The molecule has 0 amide bonds. The largest absolute Gasteiger partial charge is 0.506 e. The number of aromatic nitrogens is 1. The summed E-state index contributed by atoms with van der Waals surface area (Å²) in [7, 11) is 0. The van der Waals surface area contributed by atoms with E-state index in [1.54, 1.807) is 6.07 Å². The summed E-state index contributed by atoms with van der Waals surface area (Å²) < 4.78 is 0. The fourth-order valence-corrected chi connectivity index (χ4v) is 1.61. The lowest BCUT2D eigenvalue weighted by Gasteiger charge is -2.21. The quantitative estimate of drug-likeness (QED) is 0.601. The van der Waals surface area contributed by atoms with Crippen LogP contribution in [0.5, 0.6) is 5.75 Å². The Morgan fingerprint density at radius 3 is 3.33 bits per heavy atom. The van der Waals surface area contributed by atoms with Crippen molar-refractivity contribution >= 4 is 0 Å². The molecule has 3 nitrogen and oxygen atoms in total. The molecule has 0 fully saturated rings. The Morgan fingerprint density at radius 2 is 2.50 bits per heavy atom. The summed E-state index contributed by atoms with van der Waals surface area (Å²) in [5.41, 5.74) is 2.24. The van der Waals surface area contributed by atoms with Crippen molar-refractivity contribution in [1.29, 1.82) is 0 Å². The van der Waals surface area contributed by atoms with Gasteiger partial charge < -0.3 is 10.4 Å². The Morgan fingerprint density at radius 1 is 1.67 bits per heavy atom. The zero-order chi connectivity index (χ0) is 8.55. The highest BCUT2D eigenvalue weighted by Gasteiger charge is 2.16. The average molecular weight is 164 g/mol. The second-order valence-corrected chi connectivity index (χ2v) is 3.27. The van der Waals surface area contributed by atoms with Gasteiger partial charge in [-0.2, -0.15) is 0 Å². The van der Waals surface area contributed by atoms with Gasteiger partial charge in [-0.25, -0.2) is 0 Å². The van der Waals surface area contributed by atoms with Crippen LogP contribution in [-0.2, 0) is 6.54 Å². The van der Waals surface area contributed by atoms with E-state index in [9.17, 15) is 5.11 Å². The number of hydrogen-bond donors (Lipinski definition) is 2. The maximum atomic E-state index is 9.18. The van der Waals surface area contributed by atoms with Crippen LogP contribution >= 0.6 is 0 Å². The van der Waals surface area contributed by atoms with E-state index in [0.29, 0.717) is 5.92 Å². The van der Waals surface area contributed by atoms with E-state index in [1.165, 1.54) is 6.20 Å². The van der Waals surface area contributed by atoms with Gasteiger partial charge in [-0.3, -0.25) is 4.98 Å². The summed E-state index contributed by atoms with van der Waals surface area (Å²) in [6, 6.07) is 1.78. The molecule has 2 heterocycles. The molecule has 12 heavy (non-hydrogen) atoms. The zero-order valence-electron chi connectivity index (χ0n) is 7.04. The first-order chi connectivity index (χ1) is 5.77. The third-order valence-electron chi connectivity index (χ3n) is 2.22. The van der Waals surface area contributed by atoms with Gasteiger partial charge in [0.1, 0.15) is 5.75 Å². The molecule has 0 aromatic carbocycles. The molecule has 1 aromatic heterocycles. The Hall–Kier alpha value is -1.09. The van der Waals surface area contributed by atoms with Gasteiger partial charge in [0.25, 0.3) is 0 Å². The van der Waals surface area contributed by atoms with Gasteiger partial charge in [0.2, 0.25) is 0 Å². The van der Waals surface area contributed by atoms with Crippen molar-refractivity contribution in [1.82, 2.24) is 10.3 Å². The fraction of sp³-hybridized carbons (Fsp3) is 0.444. The molecule has 64 valence electrons. The molecule has 2 N–H and O–H groups in total. The lowest BCUT2D eigenvalue weighted by atomic mass is 9.98. The molecule has 1 aliphatic rings. The number of hydrogen-bond acceptors (Lipinski definition) is 3. The smallest absolute Gasteiger partial charge is 0.134 e. The number of pyridine rings is 1. The Kier molecular flexibility index (Phi) is 1.73. The second kappa shape index (κ2) is 2.75. The molecule has 0 spiro atoms. The summed E-state index contributed by atoms with van der Waals surface area (Å²) in [6.45, 7) is 3.93. The van der Waals surface area contributed by atoms with E-state index in [1.807, 2.05) is 0 Å². The predicted octanol–water partition coefficient (Wildman–Crippen LogP) is 0.994. The molecule has 0 radical (unpaired) electrons. The number of rotatable bonds is 0. The molecule has 0 bridgehead atoms. The molecule has 1 aliphatic heterocycles. The van der Waals surface area contributed by atoms with Crippen LogP contribution in [0.2, 0.25) is 0 Å². The molecule has 3 heteroatoms. The van der Waals surface area contributed by atoms with Crippen LogP contribution in [0.15, 0.2) is 12.3 Å². The van der Waals surface area contributed by atoms with Crippen LogP contribution in [-0.4, -0.2) is 16.6 Å². The summed E-state index contributed by atoms with van der Waals surface area (Å²) >= 11 is 0. The second-order valence-electron chi connectivity index (χ2n) is 3.27. The van der Waals surface area contributed by atoms with Crippen LogP contribution in [0.3, 0.4) is 0 Å². The lowest BCUT2D eigenvalue weighted by Crippen LogP contribution is -2.27. The summed E-state index contributed by atoms with van der Waals surface area (Å²) in [5.74, 6) is 0.707. The van der Waals surface area contributed by atoms with E-state index in [2.05, 4.69) is 17.2 Å². The third-order valence-corrected chi connectivity index (χ3v) is 2.22. The first kappa shape index (κ1) is 7.55. The summed E-state index contributed by atoms with van der Waals surface area (Å²) in [5, 5.41) is 12.5. The van der Waals surface area contributed by atoms with Crippen molar-refractivity contribution in [3.05, 3.63) is 23.5 Å². The normalized spacial score (nSPS) is 21.9. The van der Waals surface area contributed by atoms with Crippen molar-refractivity contribution < 1.29 is 5.11 Å². The minimum absolute atomic E-state index is 0.254. The van der Waals surface area contributed by atoms with E-state index in [0.717, 1.165) is 24.3 Å². The van der Waals surface area contributed by atoms with Gasteiger partial charge in [-0.1, -0.05) is 6.92 Å². The molecule has 1 unspecified atom stereocenters. The van der Waals surface area contributed by atoms with E-state index in [4.69, 9.17) is 0 Å². The van der Waals surface area contributed by atoms with Gasteiger partial charge >= 0.3 is 0 Å². The van der Waals surface area contributed by atoms with E-state index in [-0.39, 0.29) is 5.75 Å². The van der Waals surface area contributed by atoms with Crippen LogP contribution in [0.4, 0.5) is 0 Å². The van der Waals surface area contributed by atoms with E-state index >= 15 is 0 Å². The standard InChI is InChI=1S/C9H12N2O/c1-6-3-10-4-7-2-8(12)5-11-9(6)7/h2,5-6,10,12H,3-4H2,1H3. The molecule has 0 saturated carbocycles. The Labute approximate surface area is 71.4 Å². The van der Waals surface area contributed by atoms with E-state index < -0.39 is 0 Å². The number of aromatic hydroxyl groups is 1. The molecule has 1 atom stereocenters. The zero-order valence-corrected chi connectivity index (χ0v) is 7.04. The maximum absolute atomic E-state index is 9.18. The monoisotopic (exact) mass is 164 g/mol. The molecular formula is C9H12N2O. The number of fused-ring (bicyclic) bond motifs is 1. The van der Waals surface area contributed by atoms with Crippen molar-refractivity contribution in [2.45, 2.75) is 19.4 Å². The Bertz CT molecular complexity index is 299. The molecule has 0 aliphatic carbocycles. The highest BCUT2D eigenvalue weighted by Crippen LogP contribution is 2.23. The first-order valence-electron chi connectivity index (χ1n) is 4.16. The van der Waals surface area contributed by atoms with Gasteiger partial charge in [0.15, 0.2) is 0 Å². The fourth-order valence-electron chi connectivity index (χ4n) is 1.61. The predicted molar refractivity (Wildman–Crippen MR) is 46.0 cm³/mol. The van der Waals surface area contributed by atoms with Gasteiger partial charge in [0.05, 0.1) is 6.20 Å².